The third kappa shape index (κ3) is 2.83. The molecule has 0 unspecified atom stereocenters. The van der Waals surface area contributed by atoms with Crippen LogP contribution in [0, 0.1) is 24.0 Å². The van der Waals surface area contributed by atoms with Crippen molar-refractivity contribution in [2.45, 2.75) is 26.2 Å². The molecule has 1 aliphatic rings. The first-order valence-corrected chi connectivity index (χ1v) is 6.45. The van der Waals surface area contributed by atoms with Gasteiger partial charge in [-0.3, -0.25) is 4.79 Å². The molecule has 18 heavy (non-hydrogen) atoms. The SMILES string of the molecule is Cc1cc(F)c(NC(=O)CC2(CS)CC2)cc1F. The average Bonchev–Trinajstić information content (AvgIpc) is 3.06. The van der Waals surface area contributed by atoms with Crippen molar-refractivity contribution in [1.82, 2.24) is 0 Å². The normalized spacial score (nSPS) is 16.4. The fourth-order valence-corrected chi connectivity index (χ4v) is 2.27. The third-order valence-electron chi connectivity index (χ3n) is 3.35. The fraction of sp³-hybridized carbons (Fsp3) is 0.462. The summed E-state index contributed by atoms with van der Waals surface area (Å²) in [6.45, 7) is 1.48. The van der Waals surface area contributed by atoms with Gasteiger partial charge >= 0.3 is 0 Å². The van der Waals surface area contributed by atoms with Gasteiger partial charge < -0.3 is 5.32 Å². The molecule has 0 saturated heterocycles. The Morgan fingerprint density at radius 1 is 1.39 bits per heavy atom. The first kappa shape index (κ1) is 13.3. The predicted molar refractivity (Wildman–Crippen MR) is 69.9 cm³/mol. The molecule has 5 heteroatoms. The lowest BCUT2D eigenvalue weighted by molar-refractivity contribution is -0.117. The van der Waals surface area contributed by atoms with E-state index in [9.17, 15) is 13.6 Å². The van der Waals surface area contributed by atoms with Crippen LogP contribution in [0.2, 0.25) is 0 Å². The van der Waals surface area contributed by atoms with Crippen LogP contribution in [-0.2, 0) is 4.79 Å². The van der Waals surface area contributed by atoms with Crippen molar-refractivity contribution >= 4 is 24.2 Å². The number of hydrogen-bond donors (Lipinski definition) is 2. The van der Waals surface area contributed by atoms with Crippen molar-refractivity contribution in [3.63, 3.8) is 0 Å². The number of carbonyl (C=O) groups excluding carboxylic acids is 1. The molecule has 1 saturated carbocycles. The smallest absolute Gasteiger partial charge is 0.225 e. The number of hydrogen-bond acceptors (Lipinski definition) is 2. The van der Waals surface area contributed by atoms with E-state index in [0.717, 1.165) is 25.0 Å². The molecule has 0 aliphatic heterocycles. The van der Waals surface area contributed by atoms with Gasteiger partial charge in [0.1, 0.15) is 11.6 Å². The number of benzene rings is 1. The first-order valence-electron chi connectivity index (χ1n) is 5.82. The van der Waals surface area contributed by atoms with Crippen LogP contribution in [0.1, 0.15) is 24.8 Å². The molecule has 1 fully saturated rings. The molecule has 0 heterocycles. The van der Waals surface area contributed by atoms with Crippen LogP contribution in [0.4, 0.5) is 14.5 Å². The van der Waals surface area contributed by atoms with Crippen LogP contribution in [-0.4, -0.2) is 11.7 Å². The van der Waals surface area contributed by atoms with Crippen LogP contribution >= 0.6 is 12.6 Å². The number of aryl methyl sites for hydroxylation is 1. The van der Waals surface area contributed by atoms with Gasteiger partial charge in [0.05, 0.1) is 5.69 Å². The molecule has 2 rings (SSSR count). The minimum absolute atomic E-state index is 0.0348. The molecule has 0 atom stereocenters. The summed E-state index contributed by atoms with van der Waals surface area (Å²) < 4.78 is 26.8. The van der Waals surface area contributed by atoms with E-state index < -0.39 is 11.6 Å². The van der Waals surface area contributed by atoms with Gasteiger partial charge in [0.25, 0.3) is 0 Å². The summed E-state index contributed by atoms with van der Waals surface area (Å²) in [5, 5.41) is 2.42. The van der Waals surface area contributed by atoms with Gasteiger partial charge in [-0.05, 0) is 42.6 Å². The van der Waals surface area contributed by atoms with Crippen molar-refractivity contribution in [3.05, 3.63) is 29.3 Å². The molecular formula is C13H15F2NOS. The minimum atomic E-state index is -0.613. The van der Waals surface area contributed by atoms with Crippen molar-refractivity contribution in [3.8, 4) is 0 Å². The van der Waals surface area contributed by atoms with E-state index in [1.165, 1.54) is 6.92 Å². The van der Waals surface area contributed by atoms with Crippen molar-refractivity contribution < 1.29 is 13.6 Å². The summed E-state index contributed by atoms with van der Waals surface area (Å²) in [5.74, 6) is -0.783. The summed E-state index contributed by atoms with van der Waals surface area (Å²) in [4.78, 5) is 11.7. The highest BCUT2D eigenvalue weighted by atomic mass is 32.1. The summed E-state index contributed by atoms with van der Waals surface area (Å²) >= 11 is 4.20. The molecular weight excluding hydrogens is 256 g/mol. The Morgan fingerprint density at radius 3 is 2.61 bits per heavy atom. The van der Waals surface area contributed by atoms with E-state index in [2.05, 4.69) is 17.9 Å². The Morgan fingerprint density at radius 2 is 2.06 bits per heavy atom. The molecule has 0 spiro atoms. The van der Waals surface area contributed by atoms with Crippen LogP contribution in [0.25, 0.3) is 0 Å². The van der Waals surface area contributed by atoms with Gasteiger partial charge in [-0.1, -0.05) is 0 Å². The molecule has 1 amide bonds. The molecule has 98 valence electrons. The van der Waals surface area contributed by atoms with E-state index in [1.54, 1.807) is 0 Å². The highest BCUT2D eigenvalue weighted by molar-refractivity contribution is 7.80. The maximum atomic E-state index is 13.5. The Bertz CT molecular complexity index is 486. The molecule has 1 aromatic rings. The molecule has 1 aliphatic carbocycles. The monoisotopic (exact) mass is 271 g/mol. The molecule has 0 bridgehead atoms. The second kappa shape index (κ2) is 4.88. The Balaban J connectivity index is 2.05. The number of amides is 1. The quantitative estimate of drug-likeness (QED) is 0.808. The minimum Gasteiger partial charge on any atom is -0.323 e. The van der Waals surface area contributed by atoms with Gasteiger partial charge in [-0.2, -0.15) is 12.6 Å². The van der Waals surface area contributed by atoms with E-state index in [-0.39, 0.29) is 22.6 Å². The summed E-state index contributed by atoms with van der Waals surface area (Å²) in [6.07, 6.45) is 2.24. The second-order valence-electron chi connectivity index (χ2n) is 4.96. The molecule has 0 radical (unpaired) electrons. The lowest BCUT2D eigenvalue weighted by Gasteiger charge is -2.12. The largest absolute Gasteiger partial charge is 0.323 e. The molecule has 2 nitrogen and oxygen atoms in total. The number of anilines is 1. The van der Waals surface area contributed by atoms with Crippen molar-refractivity contribution in [2.24, 2.45) is 5.41 Å². The van der Waals surface area contributed by atoms with E-state index in [1.807, 2.05) is 0 Å². The number of rotatable bonds is 4. The third-order valence-corrected chi connectivity index (χ3v) is 4.02. The fourth-order valence-electron chi connectivity index (χ4n) is 1.84. The maximum Gasteiger partial charge on any atom is 0.225 e. The summed E-state index contributed by atoms with van der Waals surface area (Å²) in [7, 11) is 0. The van der Waals surface area contributed by atoms with Crippen LogP contribution in [0.5, 0.6) is 0 Å². The summed E-state index contributed by atoms with van der Waals surface area (Å²) in [6, 6.07) is 2.10. The summed E-state index contributed by atoms with van der Waals surface area (Å²) in [5.41, 5.74) is 0.0880. The number of halogens is 2. The van der Waals surface area contributed by atoms with Crippen LogP contribution in [0.15, 0.2) is 12.1 Å². The highest BCUT2D eigenvalue weighted by Crippen LogP contribution is 2.49. The highest BCUT2D eigenvalue weighted by Gasteiger charge is 2.42. The number of nitrogens with one attached hydrogen (secondary N) is 1. The molecule has 0 aromatic heterocycles. The first-order chi connectivity index (χ1) is 8.46. The Kier molecular flexibility index (Phi) is 3.61. The maximum absolute atomic E-state index is 13.5. The number of thiol groups is 1. The van der Waals surface area contributed by atoms with Crippen molar-refractivity contribution in [2.75, 3.05) is 11.1 Å². The topological polar surface area (TPSA) is 29.1 Å². The van der Waals surface area contributed by atoms with E-state index >= 15 is 0 Å². The van der Waals surface area contributed by atoms with Crippen molar-refractivity contribution in [1.29, 1.82) is 0 Å². The zero-order valence-electron chi connectivity index (χ0n) is 10.1. The lowest BCUT2D eigenvalue weighted by Crippen LogP contribution is -2.19. The number of carbonyl (C=O) groups is 1. The van der Waals surface area contributed by atoms with E-state index in [4.69, 9.17) is 0 Å². The lowest BCUT2D eigenvalue weighted by atomic mass is 10.0. The predicted octanol–water partition coefficient (Wildman–Crippen LogP) is 3.31. The van der Waals surface area contributed by atoms with Gasteiger partial charge in [0.2, 0.25) is 5.91 Å². The van der Waals surface area contributed by atoms with Gasteiger partial charge in [-0.25, -0.2) is 8.78 Å². The van der Waals surface area contributed by atoms with Gasteiger partial charge in [0, 0.05) is 12.5 Å². The van der Waals surface area contributed by atoms with Gasteiger partial charge in [-0.15, -0.1) is 0 Å². The van der Waals surface area contributed by atoms with E-state index in [0.29, 0.717) is 12.2 Å². The Hall–Kier alpha value is -1.10. The van der Waals surface area contributed by atoms with Crippen LogP contribution in [0.3, 0.4) is 0 Å². The Labute approximate surface area is 110 Å². The standard InChI is InChI=1S/C13H15F2NOS/c1-8-4-10(15)11(5-9(8)14)16-12(17)6-13(7-18)2-3-13/h4-5,18H,2-3,6-7H2,1H3,(H,16,17). The molecule has 1 aromatic carbocycles. The zero-order valence-corrected chi connectivity index (χ0v) is 11.0. The average molecular weight is 271 g/mol. The van der Waals surface area contributed by atoms with Gasteiger partial charge in [0.15, 0.2) is 0 Å². The molecule has 1 N–H and O–H groups in total. The second-order valence-corrected chi connectivity index (χ2v) is 5.28. The zero-order chi connectivity index (χ0) is 13.3. The van der Waals surface area contributed by atoms with Crippen LogP contribution < -0.4 is 5.32 Å².